The fourth-order valence-electron chi connectivity index (χ4n) is 3.61. The molecule has 2 fully saturated rings. The Hall–Kier alpha value is -0.630. The first kappa shape index (κ1) is 13.8. The Labute approximate surface area is 110 Å². The first-order valence-electron chi connectivity index (χ1n) is 6.90. The van der Waals surface area contributed by atoms with Crippen LogP contribution in [-0.4, -0.2) is 47.8 Å². The van der Waals surface area contributed by atoms with E-state index in [1.165, 1.54) is 0 Å². The van der Waals surface area contributed by atoms with Crippen molar-refractivity contribution in [3.05, 3.63) is 0 Å². The van der Waals surface area contributed by atoms with Gasteiger partial charge in [0.15, 0.2) is 0 Å². The van der Waals surface area contributed by atoms with Gasteiger partial charge in [0.25, 0.3) is 0 Å². The van der Waals surface area contributed by atoms with E-state index in [0.717, 1.165) is 39.0 Å². The fourth-order valence-corrected chi connectivity index (χ4v) is 3.61. The zero-order valence-corrected chi connectivity index (χ0v) is 12.0. The van der Waals surface area contributed by atoms with Crippen LogP contribution in [0.4, 0.5) is 0 Å². The van der Waals surface area contributed by atoms with Crippen LogP contribution in [0.1, 0.15) is 40.5 Å². The maximum absolute atomic E-state index is 9.84. The molecule has 0 spiro atoms. The molecule has 0 aromatic rings. The molecule has 0 radical (unpaired) electrons. The van der Waals surface area contributed by atoms with Crippen molar-refractivity contribution in [1.82, 2.24) is 10.2 Å². The number of hydrogen-bond donors (Lipinski definition) is 1. The molecule has 2 heterocycles. The van der Waals surface area contributed by atoms with Gasteiger partial charge < -0.3 is 10.1 Å². The minimum Gasteiger partial charge on any atom is -0.367 e. The van der Waals surface area contributed by atoms with Gasteiger partial charge in [0.05, 0.1) is 17.3 Å². The quantitative estimate of drug-likeness (QED) is 0.767. The van der Waals surface area contributed by atoms with E-state index < -0.39 is 11.1 Å². The van der Waals surface area contributed by atoms with E-state index >= 15 is 0 Å². The molecule has 0 amide bonds. The number of nitrogens with zero attached hydrogens (tertiary/aromatic N) is 2. The second-order valence-electron chi connectivity index (χ2n) is 6.61. The largest absolute Gasteiger partial charge is 0.367 e. The van der Waals surface area contributed by atoms with Crippen molar-refractivity contribution in [2.45, 2.75) is 57.3 Å². The molecule has 0 aliphatic carbocycles. The van der Waals surface area contributed by atoms with Crippen molar-refractivity contribution in [2.75, 3.05) is 26.2 Å². The zero-order chi connectivity index (χ0) is 13.4. The Morgan fingerprint density at radius 3 is 2.44 bits per heavy atom. The molecule has 0 bridgehead atoms. The minimum absolute atomic E-state index is 0.223. The molecule has 2 aliphatic heterocycles. The van der Waals surface area contributed by atoms with Crippen LogP contribution in [0.2, 0.25) is 0 Å². The minimum atomic E-state index is -0.497. The third-order valence-electron chi connectivity index (χ3n) is 4.27. The van der Waals surface area contributed by atoms with E-state index in [0.29, 0.717) is 0 Å². The van der Waals surface area contributed by atoms with Gasteiger partial charge in [-0.3, -0.25) is 4.90 Å². The van der Waals surface area contributed by atoms with E-state index in [1.54, 1.807) is 0 Å². The van der Waals surface area contributed by atoms with Crippen molar-refractivity contribution in [3.63, 3.8) is 0 Å². The molecule has 4 heteroatoms. The van der Waals surface area contributed by atoms with Crippen molar-refractivity contribution in [1.29, 1.82) is 5.26 Å². The highest BCUT2D eigenvalue weighted by Crippen LogP contribution is 2.48. The Bertz CT molecular complexity index is 351. The van der Waals surface area contributed by atoms with Crippen molar-refractivity contribution in [3.8, 4) is 6.07 Å². The van der Waals surface area contributed by atoms with Gasteiger partial charge in [0.2, 0.25) is 0 Å². The van der Waals surface area contributed by atoms with E-state index in [1.807, 2.05) is 0 Å². The summed E-state index contributed by atoms with van der Waals surface area (Å²) in [6, 6.07) is 2.59. The Balaban J connectivity index is 2.32. The molecule has 102 valence electrons. The highest BCUT2D eigenvalue weighted by atomic mass is 16.5. The average Bonchev–Trinajstić information content (AvgIpc) is 2.49. The van der Waals surface area contributed by atoms with E-state index in [4.69, 9.17) is 4.74 Å². The van der Waals surface area contributed by atoms with Gasteiger partial charge in [0, 0.05) is 26.1 Å². The maximum Gasteiger partial charge on any atom is 0.140 e. The third kappa shape index (κ3) is 2.16. The van der Waals surface area contributed by atoms with Gasteiger partial charge in [0.1, 0.15) is 5.54 Å². The van der Waals surface area contributed by atoms with E-state index in [2.05, 4.69) is 44.0 Å². The average molecular weight is 251 g/mol. The summed E-state index contributed by atoms with van der Waals surface area (Å²) in [4.78, 5) is 2.34. The molecule has 1 atom stereocenters. The molecule has 2 rings (SSSR count). The van der Waals surface area contributed by atoms with Gasteiger partial charge in [-0.05, 0) is 40.7 Å². The first-order valence-corrected chi connectivity index (χ1v) is 6.90. The monoisotopic (exact) mass is 251 g/mol. The highest BCUT2D eigenvalue weighted by molar-refractivity contribution is 5.24. The van der Waals surface area contributed by atoms with Crippen LogP contribution in [-0.2, 0) is 4.74 Å². The predicted molar refractivity (Wildman–Crippen MR) is 71.3 cm³/mol. The third-order valence-corrected chi connectivity index (χ3v) is 4.27. The number of ether oxygens (including phenoxy) is 1. The Morgan fingerprint density at radius 1 is 1.17 bits per heavy atom. The number of hydrogen-bond acceptors (Lipinski definition) is 4. The van der Waals surface area contributed by atoms with Crippen LogP contribution < -0.4 is 5.32 Å². The van der Waals surface area contributed by atoms with Crippen molar-refractivity contribution >= 4 is 0 Å². The second kappa shape index (κ2) is 4.48. The van der Waals surface area contributed by atoms with Crippen LogP contribution in [0.3, 0.4) is 0 Å². The van der Waals surface area contributed by atoms with Crippen LogP contribution in [0.25, 0.3) is 0 Å². The SMILES string of the molecule is CC1(C)CC(C#N)(N2CCCNCC2)C(C)(C)O1. The topological polar surface area (TPSA) is 48.3 Å². The standard InChI is InChI=1S/C14H25N3O/c1-12(2)10-14(11-15,13(3,4)18-12)17-8-5-6-16-7-9-17/h16H,5-10H2,1-4H3. The number of rotatable bonds is 1. The predicted octanol–water partition coefficient (Wildman–Crippen LogP) is 1.52. The molecule has 0 aromatic heterocycles. The van der Waals surface area contributed by atoms with Crippen molar-refractivity contribution < 1.29 is 4.74 Å². The lowest BCUT2D eigenvalue weighted by molar-refractivity contribution is -0.0925. The van der Waals surface area contributed by atoms with E-state index in [-0.39, 0.29) is 5.60 Å². The number of nitriles is 1. The Kier molecular flexibility index (Phi) is 3.44. The van der Waals surface area contributed by atoms with Crippen LogP contribution in [0.15, 0.2) is 0 Å². The molecule has 0 aromatic carbocycles. The lowest BCUT2D eigenvalue weighted by Crippen LogP contribution is -2.59. The molecular weight excluding hydrogens is 226 g/mol. The summed E-state index contributed by atoms with van der Waals surface area (Å²) in [6.07, 6.45) is 1.88. The molecule has 2 aliphatic rings. The Morgan fingerprint density at radius 2 is 1.89 bits per heavy atom. The molecule has 1 N–H and O–H groups in total. The summed E-state index contributed by atoms with van der Waals surface area (Å²) >= 11 is 0. The van der Waals surface area contributed by atoms with E-state index in [9.17, 15) is 5.26 Å². The van der Waals surface area contributed by atoms with Crippen LogP contribution in [0.5, 0.6) is 0 Å². The molecular formula is C14H25N3O. The van der Waals surface area contributed by atoms with Gasteiger partial charge in [-0.1, -0.05) is 0 Å². The summed E-state index contributed by atoms with van der Waals surface area (Å²) in [5.41, 5.74) is -1.14. The van der Waals surface area contributed by atoms with Gasteiger partial charge >= 0.3 is 0 Å². The highest BCUT2D eigenvalue weighted by Gasteiger charge is 2.60. The summed E-state index contributed by atoms with van der Waals surface area (Å²) in [5, 5.41) is 13.2. The zero-order valence-electron chi connectivity index (χ0n) is 12.0. The first-order chi connectivity index (χ1) is 8.33. The van der Waals surface area contributed by atoms with Gasteiger partial charge in [-0.2, -0.15) is 5.26 Å². The summed E-state index contributed by atoms with van der Waals surface area (Å²) in [7, 11) is 0. The molecule has 1 unspecified atom stereocenters. The molecule has 4 nitrogen and oxygen atoms in total. The molecule has 2 saturated heterocycles. The van der Waals surface area contributed by atoms with Crippen LogP contribution >= 0.6 is 0 Å². The fraction of sp³-hybridized carbons (Fsp3) is 0.929. The summed E-state index contributed by atoms with van der Waals surface area (Å²) in [5.74, 6) is 0. The summed E-state index contributed by atoms with van der Waals surface area (Å²) in [6.45, 7) is 12.2. The maximum atomic E-state index is 9.84. The number of nitrogens with one attached hydrogen (secondary N) is 1. The van der Waals surface area contributed by atoms with Gasteiger partial charge in [-0.25, -0.2) is 0 Å². The summed E-state index contributed by atoms with van der Waals surface area (Å²) < 4.78 is 6.15. The lowest BCUT2D eigenvalue weighted by atomic mass is 9.78. The molecule has 18 heavy (non-hydrogen) atoms. The smallest absolute Gasteiger partial charge is 0.140 e. The van der Waals surface area contributed by atoms with Gasteiger partial charge in [-0.15, -0.1) is 0 Å². The van der Waals surface area contributed by atoms with Crippen LogP contribution in [0, 0.1) is 11.3 Å². The lowest BCUT2D eigenvalue weighted by Gasteiger charge is -2.42. The second-order valence-corrected chi connectivity index (χ2v) is 6.61. The van der Waals surface area contributed by atoms with Crippen molar-refractivity contribution in [2.24, 2.45) is 0 Å². The molecule has 0 saturated carbocycles. The normalized spacial score (nSPS) is 35.9.